The van der Waals surface area contributed by atoms with Crippen LogP contribution in [0.25, 0.3) is 0 Å². The topological polar surface area (TPSA) is 66.5 Å². The Morgan fingerprint density at radius 1 is 1.11 bits per heavy atom. The number of hydrogen-bond acceptors (Lipinski definition) is 3. The van der Waals surface area contributed by atoms with Gasteiger partial charge in [0.15, 0.2) is 0 Å². The number of carbonyl (C=O) groups excluding carboxylic acids is 1. The molecule has 27 heavy (non-hydrogen) atoms. The fourth-order valence-corrected chi connectivity index (χ4v) is 4.83. The molecule has 1 amide bonds. The minimum Gasteiger partial charge on any atom is -0.319 e. The van der Waals surface area contributed by atoms with Gasteiger partial charge in [-0.25, -0.2) is 17.2 Å². The smallest absolute Gasteiger partial charge is 0.255 e. The van der Waals surface area contributed by atoms with Gasteiger partial charge in [0.2, 0.25) is 10.0 Å². The summed E-state index contributed by atoms with van der Waals surface area (Å²) in [5, 5.41) is 2.34. The number of amides is 1. The van der Waals surface area contributed by atoms with Gasteiger partial charge < -0.3 is 5.32 Å². The summed E-state index contributed by atoms with van der Waals surface area (Å²) in [6.45, 7) is 2.37. The molecular weight excluding hydrogens is 374 g/mol. The monoisotopic (exact) mass is 394 g/mol. The number of rotatable bonds is 4. The van der Waals surface area contributed by atoms with E-state index in [-0.39, 0.29) is 22.2 Å². The SMILES string of the molecule is CC1CCCCN1S(=O)(=O)c1ccc(C(=O)Nc2ccc(F)cc2F)cc1. The first-order valence-electron chi connectivity index (χ1n) is 8.67. The van der Waals surface area contributed by atoms with Crippen molar-refractivity contribution in [3.05, 3.63) is 59.7 Å². The van der Waals surface area contributed by atoms with Gasteiger partial charge in [-0.2, -0.15) is 4.31 Å². The highest BCUT2D eigenvalue weighted by molar-refractivity contribution is 7.89. The molecule has 2 aromatic carbocycles. The zero-order valence-electron chi connectivity index (χ0n) is 14.8. The molecule has 0 aromatic heterocycles. The van der Waals surface area contributed by atoms with Crippen molar-refractivity contribution < 1.29 is 22.0 Å². The van der Waals surface area contributed by atoms with E-state index in [9.17, 15) is 22.0 Å². The van der Waals surface area contributed by atoms with Gasteiger partial charge in [-0.1, -0.05) is 6.42 Å². The summed E-state index contributed by atoms with van der Waals surface area (Å²) in [7, 11) is -3.62. The van der Waals surface area contributed by atoms with E-state index in [1.165, 1.54) is 28.6 Å². The molecule has 1 fully saturated rings. The average Bonchev–Trinajstić information content (AvgIpc) is 2.64. The Hall–Kier alpha value is -2.32. The summed E-state index contributed by atoms with van der Waals surface area (Å²) < 4.78 is 53.6. The molecule has 1 heterocycles. The average molecular weight is 394 g/mol. The molecule has 0 aliphatic carbocycles. The van der Waals surface area contributed by atoms with E-state index >= 15 is 0 Å². The van der Waals surface area contributed by atoms with E-state index in [1.807, 2.05) is 6.92 Å². The molecule has 1 N–H and O–H groups in total. The molecule has 0 spiro atoms. The standard InChI is InChI=1S/C19H20F2N2O3S/c1-13-4-2-3-11-23(13)27(25,26)16-8-5-14(6-9-16)19(24)22-18-10-7-15(20)12-17(18)21/h5-10,12-13H,2-4,11H2,1H3,(H,22,24). The van der Waals surface area contributed by atoms with Crippen LogP contribution in [0.15, 0.2) is 47.4 Å². The molecule has 0 saturated carbocycles. The van der Waals surface area contributed by atoms with Crippen LogP contribution in [0.3, 0.4) is 0 Å². The number of benzene rings is 2. The van der Waals surface area contributed by atoms with E-state index in [0.717, 1.165) is 31.4 Å². The molecule has 5 nitrogen and oxygen atoms in total. The van der Waals surface area contributed by atoms with E-state index in [4.69, 9.17) is 0 Å². The van der Waals surface area contributed by atoms with Crippen LogP contribution in [0.5, 0.6) is 0 Å². The maximum Gasteiger partial charge on any atom is 0.255 e. The van der Waals surface area contributed by atoms with Crippen molar-refractivity contribution in [3.8, 4) is 0 Å². The third kappa shape index (κ3) is 4.17. The van der Waals surface area contributed by atoms with Crippen molar-refractivity contribution in [3.63, 3.8) is 0 Å². The molecule has 1 unspecified atom stereocenters. The summed E-state index contributed by atoms with van der Waals surface area (Å²) >= 11 is 0. The normalized spacial score (nSPS) is 18.3. The number of halogens is 2. The summed E-state index contributed by atoms with van der Waals surface area (Å²) in [5.74, 6) is -2.25. The second kappa shape index (κ2) is 7.74. The lowest BCUT2D eigenvalue weighted by Gasteiger charge is -2.32. The predicted octanol–water partition coefficient (Wildman–Crippen LogP) is 3.78. The molecule has 8 heteroatoms. The van der Waals surface area contributed by atoms with Crippen molar-refractivity contribution >= 4 is 21.6 Å². The molecule has 1 saturated heterocycles. The van der Waals surface area contributed by atoms with Crippen molar-refractivity contribution in [1.29, 1.82) is 0 Å². The number of piperidine rings is 1. The van der Waals surface area contributed by atoms with Crippen molar-refractivity contribution in [1.82, 2.24) is 4.31 Å². The van der Waals surface area contributed by atoms with Gasteiger partial charge >= 0.3 is 0 Å². The van der Waals surface area contributed by atoms with Crippen molar-refractivity contribution in [2.75, 3.05) is 11.9 Å². The second-order valence-corrected chi connectivity index (χ2v) is 8.45. The number of nitrogens with one attached hydrogen (secondary N) is 1. The molecule has 3 rings (SSSR count). The molecule has 1 aliphatic heterocycles. The first-order chi connectivity index (χ1) is 12.8. The number of anilines is 1. The number of sulfonamides is 1. The molecule has 144 valence electrons. The lowest BCUT2D eigenvalue weighted by atomic mass is 10.1. The quantitative estimate of drug-likeness (QED) is 0.858. The molecule has 2 aromatic rings. The molecule has 1 aliphatic rings. The highest BCUT2D eigenvalue weighted by Gasteiger charge is 2.30. The highest BCUT2D eigenvalue weighted by atomic mass is 32.2. The Balaban J connectivity index is 1.77. The minimum absolute atomic E-state index is 0.0619. The van der Waals surface area contributed by atoms with Crippen LogP contribution in [0, 0.1) is 11.6 Å². The summed E-state index contributed by atoms with van der Waals surface area (Å²) in [5.41, 5.74) is 0.0182. The van der Waals surface area contributed by atoms with Crippen LogP contribution in [-0.4, -0.2) is 31.2 Å². The van der Waals surface area contributed by atoms with Crippen LogP contribution in [-0.2, 0) is 10.0 Å². The zero-order valence-corrected chi connectivity index (χ0v) is 15.6. The highest BCUT2D eigenvalue weighted by Crippen LogP contribution is 2.25. The first-order valence-corrected chi connectivity index (χ1v) is 10.1. The van der Waals surface area contributed by atoms with Crippen LogP contribution < -0.4 is 5.32 Å². The van der Waals surface area contributed by atoms with Crippen LogP contribution in [0.1, 0.15) is 36.5 Å². The summed E-state index contributed by atoms with van der Waals surface area (Å²) in [6.07, 6.45) is 2.66. The molecule has 1 atom stereocenters. The Kier molecular flexibility index (Phi) is 5.57. The van der Waals surface area contributed by atoms with Gasteiger partial charge in [-0.05, 0) is 56.2 Å². The lowest BCUT2D eigenvalue weighted by Crippen LogP contribution is -2.41. The molecular formula is C19H20F2N2O3S. The predicted molar refractivity (Wildman–Crippen MR) is 98.0 cm³/mol. The van der Waals surface area contributed by atoms with Crippen LogP contribution >= 0.6 is 0 Å². The van der Waals surface area contributed by atoms with Gasteiger partial charge in [0, 0.05) is 24.2 Å². The van der Waals surface area contributed by atoms with E-state index in [2.05, 4.69) is 5.32 Å². The summed E-state index contributed by atoms with van der Waals surface area (Å²) in [6, 6.07) is 8.25. The fourth-order valence-electron chi connectivity index (χ4n) is 3.13. The van der Waals surface area contributed by atoms with E-state index in [1.54, 1.807) is 0 Å². The third-order valence-corrected chi connectivity index (χ3v) is 6.67. The zero-order chi connectivity index (χ0) is 19.6. The molecule has 0 radical (unpaired) electrons. The Bertz CT molecular complexity index is 946. The van der Waals surface area contributed by atoms with Crippen molar-refractivity contribution in [2.45, 2.75) is 37.1 Å². The van der Waals surface area contributed by atoms with Crippen molar-refractivity contribution in [2.24, 2.45) is 0 Å². The number of hydrogen-bond donors (Lipinski definition) is 1. The molecule has 0 bridgehead atoms. The Morgan fingerprint density at radius 3 is 2.44 bits per heavy atom. The van der Waals surface area contributed by atoms with Gasteiger partial charge in [-0.3, -0.25) is 4.79 Å². The van der Waals surface area contributed by atoms with Gasteiger partial charge in [0.25, 0.3) is 5.91 Å². The minimum atomic E-state index is -3.62. The van der Waals surface area contributed by atoms with Gasteiger partial charge in [0.1, 0.15) is 11.6 Å². The lowest BCUT2D eigenvalue weighted by molar-refractivity contribution is 0.102. The van der Waals surface area contributed by atoms with Gasteiger partial charge in [-0.15, -0.1) is 0 Å². The van der Waals surface area contributed by atoms with Crippen LogP contribution in [0.4, 0.5) is 14.5 Å². The van der Waals surface area contributed by atoms with E-state index in [0.29, 0.717) is 12.6 Å². The fraction of sp³-hybridized carbons (Fsp3) is 0.316. The maximum absolute atomic E-state index is 13.6. The first kappa shape index (κ1) is 19.4. The Labute approximate surface area is 157 Å². The van der Waals surface area contributed by atoms with Gasteiger partial charge in [0.05, 0.1) is 10.6 Å². The third-order valence-electron chi connectivity index (χ3n) is 4.64. The summed E-state index contributed by atoms with van der Waals surface area (Å²) in [4.78, 5) is 12.3. The maximum atomic E-state index is 13.6. The van der Waals surface area contributed by atoms with E-state index < -0.39 is 27.6 Å². The number of nitrogens with zero attached hydrogens (tertiary/aromatic N) is 1. The number of carbonyl (C=O) groups is 1. The van der Waals surface area contributed by atoms with Crippen LogP contribution in [0.2, 0.25) is 0 Å². The second-order valence-electron chi connectivity index (χ2n) is 6.56. The Morgan fingerprint density at radius 2 is 1.81 bits per heavy atom. The largest absolute Gasteiger partial charge is 0.319 e.